The van der Waals surface area contributed by atoms with Gasteiger partial charge in [-0.15, -0.1) is 5.10 Å². The summed E-state index contributed by atoms with van der Waals surface area (Å²) in [6.07, 6.45) is 0.811. The molecular weight excluding hydrogens is 218 g/mol. The predicted octanol–water partition coefficient (Wildman–Crippen LogP) is 0.897. The fourth-order valence-electron chi connectivity index (χ4n) is 1.50. The average molecular weight is 233 g/mol. The summed E-state index contributed by atoms with van der Waals surface area (Å²) in [4.78, 5) is 0. The van der Waals surface area contributed by atoms with Gasteiger partial charge in [-0.05, 0) is 22.6 Å². The van der Waals surface area contributed by atoms with Gasteiger partial charge in [0, 0.05) is 18.2 Å². The minimum Gasteiger partial charge on any atom is -0.492 e. The van der Waals surface area contributed by atoms with Crippen LogP contribution in [0.3, 0.4) is 0 Å². The van der Waals surface area contributed by atoms with Gasteiger partial charge in [0.15, 0.2) is 5.82 Å². The van der Waals surface area contributed by atoms with E-state index in [1.54, 1.807) is 10.7 Å². The fourth-order valence-corrected chi connectivity index (χ4v) is 1.50. The minimum absolute atomic E-state index is 0.515. The highest BCUT2D eigenvalue weighted by atomic mass is 16.5. The van der Waals surface area contributed by atoms with Crippen LogP contribution in [0, 0.1) is 0 Å². The molecule has 0 aliphatic carbocycles. The molecular formula is C11H15N5O. The standard InChI is InChI=1S/C11H15N5O/c1-2-11-13-14-15-16(11)6-7-17-10-5-3-4-9(12)8-10/h3-5,8H,2,6-7,12H2,1H3. The van der Waals surface area contributed by atoms with Gasteiger partial charge in [-0.2, -0.15) is 0 Å². The van der Waals surface area contributed by atoms with Gasteiger partial charge >= 0.3 is 0 Å². The van der Waals surface area contributed by atoms with Crippen LogP contribution in [-0.4, -0.2) is 26.8 Å². The lowest BCUT2D eigenvalue weighted by molar-refractivity contribution is 0.287. The number of aryl methyl sites for hydroxylation is 1. The van der Waals surface area contributed by atoms with Gasteiger partial charge in [0.05, 0.1) is 6.54 Å². The van der Waals surface area contributed by atoms with Crippen molar-refractivity contribution in [3.8, 4) is 5.75 Å². The number of hydrogen-bond donors (Lipinski definition) is 1. The van der Waals surface area contributed by atoms with Crippen molar-refractivity contribution in [1.29, 1.82) is 0 Å². The van der Waals surface area contributed by atoms with Crippen LogP contribution in [0.15, 0.2) is 24.3 Å². The second kappa shape index (κ2) is 5.29. The van der Waals surface area contributed by atoms with E-state index in [2.05, 4.69) is 15.5 Å². The first-order valence-corrected chi connectivity index (χ1v) is 5.53. The smallest absolute Gasteiger partial charge is 0.151 e. The van der Waals surface area contributed by atoms with Gasteiger partial charge < -0.3 is 10.5 Å². The Morgan fingerprint density at radius 1 is 1.41 bits per heavy atom. The van der Waals surface area contributed by atoms with Crippen LogP contribution in [0.1, 0.15) is 12.7 Å². The number of benzene rings is 1. The first-order valence-electron chi connectivity index (χ1n) is 5.53. The summed E-state index contributed by atoms with van der Waals surface area (Å²) in [5.41, 5.74) is 6.35. The van der Waals surface area contributed by atoms with Crippen molar-refractivity contribution in [2.24, 2.45) is 0 Å². The van der Waals surface area contributed by atoms with Crippen LogP contribution < -0.4 is 10.5 Å². The third-order valence-electron chi connectivity index (χ3n) is 2.35. The summed E-state index contributed by atoms with van der Waals surface area (Å²) in [5.74, 6) is 1.62. The van der Waals surface area contributed by atoms with E-state index in [1.165, 1.54) is 0 Å². The molecule has 0 aliphatic rings. The van der Waals surface area contributed by atoms with E-state index in [1.807, 2.05) is 25.1 Å². The number of aromatic nitrogens is 4. The molecule has 17 heavy (non-hydrogen) atoms. The van der Waals surface area contributed by atoms with Crippen LogP contribution in [-0.2, 0) is 13.0 Å². The number of hydrogen-bond acceptors (Lipinski definition) is 5. The van der Waals surface area contributed by atoms with Gasteiger partial charge in [0.1, 0.15) is 12.4 Å². The molecule has 1 heterocycles. The van der Waals surface area contributed by atoms with Crippen LogP contribution in [0.2, 0.25) is 0 Å². The second-order valence-electron chi connectivity index (χ2n) is 3.59. The quantitative estimate of drug-likeness (QED) is 0.776. The second-order valence-corrected chi connectivity index (χ2v) is 3.59. The molecule has 2 N–H and O–H groups in total. The van der Waals surface area contributed by atoms with E-state index in [4.69, 9.17) is 10.5 Å². The highest BCUT2D eigenvalue weighted by molar-refractivity contribution is 5.43. The van der Waals surface area contributed by atoms with Gasteiger partial charge in [0.25, 0.3) is 0 Å². The SMILES string of the molecule is CCc1nnnn1CCOc1cccc(N)c1. The van der Waals surface area contributed by atoms with Crippen molar-refractivity contribution in [2.45, 2.75) is 19.9 Å². The van der Waals surface area contributed by atoms with Crippen LogP contribution in [0.5, 0.6) is 5.75 Å². The molecule has 0 radical (unpaired) electrons. The molecule has 1 aromatic carbocycles. The number of ether oxygens (including phenoxy) is 1. The van der Waals surface area contributed by atoms with E-state index >= 15 is 0 Å². The monoisotopic (exact) mass is 233 g/mol. The van der Waals surface area contributed by atoms with Crippen molar-refractivity contribution in [1.82, 2.24) is 20.2 Å². The molecule has 0 fully saturated rings. The number of nitrogens with zero attached hydrogens (tertiary/aromatic N) is 4. The van der Waals surface area contributed by atoms with Crippen LogP contribution in [0.4, 0.5) is 5.69 Å². The third-order valence-corrected chi connectivity index (χ3v) is 2.35. The maximum absolute atomic E-state index is 5.65. The van der Waals surface area contributed by atoms with Crippen LogP contribution in [0.25, 0.3) is 0 Å². The molecule has 0 aliphatic heterocycles. The lowest BCUT2D eigenvalue weighted by Crippen LogP contribution is -2.12. The van der Waals surface area contributed by atoms with Crippen molar-refractivity contribution >= 4 is 5.69 Å². The largest absolute Gasteiger partial charge is 0.492 e. The number of anilines is 1. The molecule has 0 atom stereocenters. The van der Waals surface area contributed by atoms with Gasteiger partial charge in [-0.3, -0.25) is 0 Å². The number of nitrogen functional groups attached to an aromatic ring is 1. The molecule has 0 amide bonds. The van der Waals surface area contributed by atoms with Crippen molar-refractivity contribution < 1.29 is 4.74 Å². The first kappa shape index (κ1) is 11.4. The normalized spacial score (nSPS) is 10.4. The Hall–Kier alpha value is -2.11. The highest BCUT2D eigenvalue weighted by Crippen LogP contribution is 2.14. The van der Waals surface area contributed by atoms with E-state index < -0.39 is 0 Å². The lowest BCUT2D eigenvalue weighted by atomic mass is 10.3. The Morgan fingerprint density at radius 3 is 3.06 bits per heavy atom. The third kappa shape index (κ3) is 2.93. The molecule has 1 aromatic heterocycles. The molecule has 2 aromatic rings. The number of rotatable bonds is 5. The lowest BCUT2D eigenvalue weighted by Gasteiger charge is -2.07. The van der Waals surface area contributed by atoms with E-state index in [0.717, 1.165) is 18.0 Å². The zero-order valence-electron chi connectivity index (χ0n) is 9.71. The molecule has 0 saturated heterocycles. The van der Waals surface area contributed by atoms with E-state index in [9.17, 15) is 0 Å². The van der Waals surface area contributed by atoms with Crippen molar-refractivity contribution in [3.63, 3.8) is 0 Å². The summed E-state index contributed by atoms with van der Waals surface area (Å²) >= 11 is 0. The molecule has 6 heteroatoms. The molecule has 0 bridgehead atoms. The summed E-state index contributed by atoms with van der Waals surface area (Å²) in [6.45, 7) is 3.16. The van der Waals surface area contributed by atoms with E-state index in [-0.39, 0.29) is 0 Å². The summed E-state index contributed by atoms with van der Waals surface area (Å²) in [6, 6.07) is 7.35. The average Bonchev–Trinajstić information content (AvgIpc) is 2.77. The molecule has 6 nitrogen and oxygen atoms in total. The Bertz CT molecular complexity index is 482. The number of nitrogens with two attached hydrogens (primary N) is 1. The van der Waals surface area contributed by atoms with Gasteiger partial charge in [-0.1, -0.05) is 13.0 Å². The highest BCUT2D eigenvalue weighted by Gasteiger charge is 2.03. The molecule has 0 saturated carbocycles. The zero-order valence-corrected chi connectivity index (χ0v) is 9.71. The van der Waals surface area contributed by atoms with Crippen molar-refractivity contribution in [2.75, 3.05) is 12.3 Å². The first-order chi connectivity index (χ1) is 8.29. The zero-order chi connectivity index (χ0) is 12.1. The van der Waals surface area contributed by atoms with Gasteiger partial charge in [-0.25, -0.2) is 4.68 Å². The fraction of sp³-hybridized carbons (Fsp3) is 0.364. The Kier molecular flexibility index (Phi) is 3.54. The maximum atomic E-state index is 5.65. The topological polar surface area (TPSA) is 78.8 Å². The maximum Gasteiger partial charge on any atom is 0.151 e. The Labute approximate surface area is 99.4 Å². The molecule has 90 valence electrons. The number of tetrazole rings is 1. The molecule has 0 spiro atoms. The Balaban J connectivity index is 1.87. The summed E-state index contributed by atoms with van der Waals surface area (Å²) < 4.78 is 7.31. The van der Waals surface area contributed by atoms with Gasteiger partial charge in [0.2, 0.25) is 0 Å². The predicted molar refractivity (Wildman–Crippen MR) is 63.5 cm³/mol. The van der Waals surface area contributed by atoms with Crippen molar-refractivity contribution in [3.05, 3.63) is 30.1 Å². The minimum atomic E-state index is 0.515. The molecule has 2 rings (SSSR count). The Morgan fingerprint density at radius 2 is 2.29 bits per heavy atom. The molecule has 0 unspecified atom stereocenters. The summed E-state index contributed by atoms with van der Waals surface area (Å²) in [7, 11) is 0. The van der Waals surface area contributed by atoms with E-state index in [0.29, 0.717) is 18.8 Å². The summed E-state index contributed by atoms with van der Waals surface area (Å²) in [5, 5.41) is 11.4. The van der Waals surface area contributed by atoms with Crippen LogP contribution >= 0.6 is 0 Å².